The molecule has 1 amide bonds. The van der Waals surface area contributed by atoms with Crippen LogP contribution < -0.4 is 5.32 Å². The highest BCUT2D eigenvalue weighted by Crippen LogP contribution is 2.04. The number of unbranched alkanes of at least 4 members (excludes halogenated alkanes) is 1. The standard InChI is InChI=1S/C14H20N4O/c15-18-17-12-5-4-11-16-14(19)10-6-9-13-7-2-1-3-8-13/h1-3,7-8H,4-6,9-12H2,(H,16,19). The number of carbonyl (C=O) groups is 1. The van der Waals surface area contributed by atoms with Gasteiger partial charge >= 0.3 is 0 Å². The number of amides is 1. The van der Waals surface area contributed by atoms with Crippen LogP contribution in [-0.4, -0.2) is 19.0 Å². The number of carbonyl (C=O) groups excluding carboxylic acids is 1. The van der Waals surface area contributed by atoms with Crippen LogP contribution in [0.2, 0.25) is 0 Å². The van der Waals surface area contributed by atoms with Crippen molar-refractivity contribution in [2.75, 3.05) is 13.1 Å². The molecule has 5 heteroatoms. The monoisotopic (exact) mass is 260 g/mol. The molecule has 1 aromatic rings. The highest BCUT2D eigenvalue weighted by Gasteiger charge is 2.00. The van der Waals surface area contributed by atoms with Crippen LogP contribution in [-0.2, 0) is 11.2 Å². The van der Waals surface area contributed by atoms with Gasteiger partial charge < -0.3 is 5.32 Å². The molecule has 0 aliphatic rings. The van der Waals surface area contributed by atoms with E-state index in [-0.39, 0.29) is 5.91 Å². The molecule has 0 bridgehead atoms. The quantitative estimate of drug-likeness (QED) is 0.314. The van der Waals surface area contributed by atoms with Gasteiger partial charge in [-0.2, -0.15) is 0 Å². The zero-order chi connectivity index (χ0) is 13.8. The average Bonchev–Trinajstić information content (AvgIpc) is 2.44. The molecule has 0 aliphatic carbocycles. The molecule has 19 heavy (non-hydrogen) atoms. The van der Waals surface area contributed by atoms with Crippen LogP contribution in [0.4, 0.5) is 0 Å². The van der Waals surface area contributed by atoms with Gasteiger partial charge in [0.1, 0.15) is 0 Å². The van der Waals surface area contributed by atoms with Crippen molar-refractivity contribution in [3.63, 3.8) is 0 Å². The van der Waals surface area contributed by atoms with Crippen molar-refractivity contribution >= 4 is 5.91 Å². The van der Waals surface area contributed by atoms with E-state index < -0.39 is 0 Å². The van der Waals surface area contributed by atoms with Crippen molar-refractivity contribution in [2.24, 2.45) is 5.11 Å². The predicted molar refractivity (Wildman–Crippen MR) is 75.6 cm³/mol. The number of nitrogens with one attached hydrogen (secondary N) is 1. The van der Waals surface area contributed by atoms with Gasteiger partial charge in [0, 0.05) is 24.4 Å². The minimum atomic E-state index is 0.0970. The fraction of sp³-hybridized carbons (Fsp3) is 0.500. The van der Waals surface area contributed by atoms with E-state index in [2.05, 4.69) is 27.5 Å². The maximum Gasteiger partial charge on any atom is 0.220 e. The molecule has 1 N–H and O–H groups in total. The lowest BCUT2D eigenvalue weighted by Gasteiger charge is -2.04. The molecule has 0 saturated carbocycles. The van der Waals surface area contributed by atoms with E-state index in [0.29, 0.717) is 19.5 Å². The van der Waals surface area contributed by atoms with Gasteiger partial charge in [-0.05, 0) is 36.8 Å². The Morgan fingerprint density at radius 1 is 1.21 bits per heavy atom. The molecule has 0 aromatic heterocycles. The molecule has 1 rings (SSSR count). The lowest BCUT2D eigenvalue weighted by Crippen LogP contribution is -2.24. The van der Waals surface area contributed by atoms with Crippen molar-refractivity contribution in [3.05, 3.63) is 46.3 Å². The Hall–Kier alpha value is -2.00. The Bertz CT molecular complexity index is 413. The molecular weight excluding hydrogens is 240 g/mol. The molecule has 0 fully saturated rings. The van der Waals surface area contributed by atoms with Crippen molar-refractivity contribution in [3.8, 4) is 0 Å². The Kier molecular flexibility index (Phi) is 7.90. The molecule has 0 radical (unpaired) electrons. The van der Waals surface area contributed by atoms with Crippen LogP contribution in [0.25, 0.3) is 10.4 Å². The van der Waals surface area contributed by atoms with Gasteiger partial charge in [0.15, 0.2) is 0 Å². The third-order valence-corrected chi connectivity index (χ3v) is 2.78. The maximum atomic E-state index is 11.5. The number of hydrogen-bond acceptors (Lipinski definition) is 2. The molecule has 0 aliphatic heterocycles. The first-order valence-electron chi connectivity index (χ1n) is 6.64. The second-order valence-corrected chi connectivity index (χ2v) is 4.35. The van der Waals surface area contributed by atoms with Crippen LogP contribution in [0, 0.1) is 0 Å². The number of nitrogens with zero attached hydrogens (tertiary/aromatic N) is 3. The summed E-state index contributed by atoms with van der Waals surface area (Å²) in [6.45, 7) is 1.16. The number of benzene rings is 1. The molecule has 1 aromatic carbocycles. The number of azide groups is 1. The molecular formula is C14H20N4O. The topological polar surface area (TPSA) is 77.9 Å². The summed E-state index contributed by atoms with van der Waals surface area (Å²) in [4.78, 5) is 14.2. The summed E-state index contributed by atoms with van der Waals surface area (Å²) in [5.74, 6) is 0.0970. The summed E-state index contributed by atoms with van der Waals surface area (Å²) in [7, 11) is 0. The summed E-state index contributed by atoms with van der Waals surface area (Å²) in [6, 6.07) is 10.2. The highest BCUT2D eigenvalue weighted by molar-refractivity contribution is 5.75. The molecule has 0 heterocycles. The summed E-state index contributed by atoms with van der Waals surface area (Å²) in [5.41, 5.74) is 9.36. The van der Waals surface area contributed by atoms with Crippen molar-refractivity contribution < 1.29 is 4.79 Å². The summed E-state index contributed by atoms with van der Waals surface area (Å²) < 4.78 is 0. The lowest BCUT2D eigenvalue weighted by atomic mass is 10.1. The predicted octanol–water partition coefficient (Wildman–Crippen LogP) is 3.22. The molecule has 0 unspecified atom stereocenters. The molecule has 5 nitrogen and oxygen atoms in total. The number of hydrogen-bond donors (Lipinski definition) is 1. The van der Waals surface area contributed by atoms with E-state index >= 15 is 0 Å². The minimum absolute atomic E-state index is 0.0970. The van der Waals surface area contributed by atoms with Gasteiger partial charge in [0.25, 0.3) is 0 Å². The molecule has 0 saturated heterocycles. The molecule has 0 spiro atoms. The second-order valence-electron chi connectivity index (χ2n) is 4.35. The minimum Gasteiger partial charge on any atom is -0.356 e. The van der Waals surface area contributed by atoms with E-state index in [9.17, 15) is 4.79 Å². The lowest BCUT2D eigenvalue weighted by molar-refractivity contribution is -0.121. The first-order chi connectivity index (χ1) is 9.33. The van der Waals surface area contributed by atoms with Gasteiger partial charge in [0.2, 0.25) is 5.91 Å². The second kappa shape index (κ2) is 9.97. The number of aryl methyl sites for hydroxylation is 1. The van der Waals surface area contributed by atoms with Crippen molar-refractivity contribution in [2.45, 2.75) is 32.1 Å². The van der Waals surface area contributed by atoms with E-state index in [4.69, 9.17) is 5.53 Å². The summed E-state index contributed by atoms with van der Waals surface area (Å²) >= 11 is 0. The van der Waals surface area contributed by atoms with Crippen LogP contribution >= 0.6 is 0 Å². The van der Waals surface area contributed by atoms with Gasteiger partial charge in [-0.25, -0.2) is 0 Å². The summed E-state index contributed by atoms with van der Waals surface area (Å²) in [5, 5.41) is 6.31. The fourth-order valence-electron chi connectivity index (χ4n) is 1.77. The van der Waals surface area contributed by atoms with E-state index in [0.717, 1.165) is 25.7 Å². The highest BCUT2D eigenvalue weighted by atomic mass is 16.1. The van der Waals surface area contributed by atoms with E-state index in [1.54, 1.807) is 0 Å². The third-order valence-electron chi connectivity index (χ3n) is 2.78. The smallest absolute Gasteiger partial charge is 0.220 e. The van der Waals surface area contributed by atoms with Crippen molar-refractivity contribution in [1.82, 2.24) is 5.32 Å². The van der Waals surface area contributed by atoms with Gasteiger partial charge in [-0.15, -0.1) is 0 Å². The van der Waals surface area contributed by atoms with E-state index in [1.807, 2.05) is 18.2 Å². The average molecular weight is 260 g/mol. The first kappa shape index (κ1) is 15.1. The molecule has 0 atom stereocenters. The SMILES string of the molecule is [N-]=[N+]=NCCCCNC(=O)CCCc1ccccc1. The largest absolute Gasteiger partial charge is 0.356 e. The number of rotatable bonds is 9. The van der Waals surface area contributed by atoms with Gasteiger partial charge in [-0.3, -0.25) is 4.79 Å². The van der Waals surface area contributed by atoms with Gasteiger partial charge in [-0.1, -0.05) is 35.4 Å². The first-order valence-corrected chi connectivity index (χ1v) is 6.64. The summed E-state index contributed by atoms with van der Waals surface area (Å²) in [6.07, 6.45) is 4.03. The van der Waals surface area contributed by atoms with Crippen LogP contribution in [0.1, 0.15) is 31.2 Å². The normalized spacial score (nSPS) is 9.68. The van der Waals surface area contributed by atoms with Gasteiger partial charge in [0.05, 0.1) is 0 Å². The Morgan fingerprint density at radius 3 is 2.74 bits per heavy atom. The van der Waals surface area contributed by atoms with Crippen LogP contribution in [0.5, 0.6) is 0 Å². The Balaban J connectivity index is 2.00. The zero-order valence-corrected chi connectivity index (χ0v) is 11.1. The van der Waals surface area contributed by atoms with Crippen LogP contribution in [0.3, 0.4) is 0 Å². The Morgan fingerprint density at radius 2 is 2.00 bits per heavy atom. The van der Waals surface area contributed by atoms with Crippen molar-refractivity contribution in [1.29, 1.82) is 0 Å². The third kappa shape index (κ3) is 7.84. The van der Waals surface area contributed by atoms with Crippen LogP contribution in [0.15, 0.2) is 35.4 Å². The Labute approximate surface area is 113 Å². The molecule has 102 valence electrons. The maximum absolute atomic E-state index is 11.5. The zero-order valence-electron chi connectivity index (χ0n) is 11.1. The van der Waals surface area contributed by atoms with E-state index in [1.165, 1.54) is 5.56 Å². The fourth-order valence-corrected chi connectivity index (χ4v) is 1.77.